The Bertz CT molecular complexity index is 753. The van der Waals surface area contributed by atoms with Crippen LogP contribution in [0.4, 0.5) is 0 Å². The number of thioether (sulfide) groups is 2. The molecule has 0 aliphatic heterocycles. The van der Waals surface area contributed by atoms with Crippen molar-refractivity contribution in [3.05, 3.63) is 29.5 Å². The molecule has 0 aliphatic rings. The van der Waals surface area contributed by atoms with Gasteiger partial charge in [-0.1, -0.05) is 34.9 Å². The van der Waals surface area contributed by atoms with Gasteiger partial charge in [-0.3, -0.25) is 4.79 Å². The topological polar surface area (TPSA) is 94.9 Å². The number of aromatic nitrogens is 3. The second-order valence-corrected chi connectivity index (χ2v) is 8.28. The highest BCUT2D eigenvalue weighted by Gasteiger charge is 2.10. The van der Waals surface area contributed by atoms with Crippen molar-refractivity contribution in [2.75, 3.05) is 5.75 Å². The number of amides is 1. The molecule has 10 heteroatoms. The zero-order chi connectivity index (χ0) is 15.4. The van der Waals surface area contributed by atoms with E-state index in [1.165, 1.54) is 23.1 Å². The van der Waals surface area contributed by atoms with Crippen LogP contribution in [-0.2, 0) is 10.5 Å². The second-order valence-electron chi connectivity index (χ2n) is 4.00. The minimum atomic E-state index is -0.359. The Morgan fingerprint density at radius 1 is 1.32 bits per heavy atom. The van der Waals surface area contributed by atoms with Crippen molar-refractivity contribution in [1.82, 2.24) is 15.2 Å². The molecular formula is C12H10N4O2S4. The largest absolute Gasteiger partial charge is 0.462 e. The van der Waals surface area contributed by atoms with Crippen LogP contribution in [0.3, 0.4) is 0 Å². The van der Waals surface area contributed by atoms with Gasteiger partial charge in [0.15, 0.2) is 19.4 Å². The summed E-state index contributed by atoms with van der Waals surface area (Å²) in [6.45, 7) is 0. The molecule has 0 unspecified atom stereocenters. The zero-order valence-electron chi connectivity index (χ0n) is 11.1. The molecule has 2 N–H and O–H groups in total. The van der Waals surface area contributed by atoms with E-state index in [4.69, 9.17) is 10.2 Å². The molecular weight excluding hydrogens is 360 g/mol. The molecule has 0 aliphatic carbocycles. The zero-order valence-corrected chi connectivity index (χ0v) is 14.4. The van der Waals surface area contributed by atoms with Crippen LogP contribution in [0.5, 0.6) is 0 Å². The summed E-state index contributed by atoms with van der Waals surface area (Å²) in [5, 5.41) is 11.0. The van der Waals surface area contributed by atoms with Gasteiger partial charge in [0.05, 0.1) is 17.7 Å². The number of hydrogen-bond acceptors (Lipinski definition) is 9. The minimum absolute atomic E-state index is 0.220. The average molecular weight is 371 g/mol. The molecule has 3 aromatic rings. The molecule has 0 spiro atoms. The first-order valence-corrected chi connectivity index (χ1v) is 9.73. The Balaban J connectivity index is 1.55. The first kappa shape index (κ1) is 15.5. The van der Waals surface area contributed by atoms with Crippen LogP contribution in [0, 0.1) is 0 Å². The van der Waals surface area contributed by atoms with Crippen molar-refractivity contribution in [3.8, 4) is 10.8 Å². The first-order chi connectivity index (χ1) is 10.7. The van der Waals surface area contributed by atoms with E-state index in [-0.39, 0.29) is 11.7 Å². The summed E-state index contributed by atoms with van der Waals surface area (Å²) in [4.78, 5) is 15.3. The lowest BCUT2D eigenvalue weighted by Gasteiger charge is -1.92. The summed E-state index contributed by atoms with van der Waals surface area (Å²) in [5.74, 6) is 1.36. The van der Waals surface area contributed by atoms with Gasteiger partial charge in [-0.25, -0.2) is 4.98 Å². The van der Waals surface area contributed by atoms with Crippen molar-refractivity contribution in [2.24, 2.45) is 5.73 Å². The molecule has 0 atom stereocenters. The van der Waals surface area contributed by atoms with E-state index in [9.17, 15) is 4.79 Å². The van der Waals surface area contributed by atoms with E-state index in [0.29, 0.717) is 5.75 Å². The van der Waals surface area contributed by atoms with Gasteiger partial charge in [-0.05, 0) is 12.1 Å². The maximum atomic E-state index is 10.7. The summed E-state index contributed by atoms with van der Waals surface area (Å²) < 4.78 is 6.92. The number of nitrogens with two attached hydrogens (primary N) is 1. The molecule has 0 saturated heterocycles. The normalized spacial score (nSPS) is 10.9. The summed E-state index contributed by atoms with van der Waals surface area (Å²) in [7, 11) is 0. The molecule has 0 saturated carbocycles. The third-order valence-electron chi connectivity index (χ3n) is 2.35. The molecule has 0 fully saturated rings. The van der Waals surface area contributed by atoms with Gasteiger partial charge in [0.2, 0.25) is 5.91 Å². The third kappa shape index (κ3) is 4.09. The van der Waals surface area contributed by atoms with Crippen LogP contribution in [0.25, 0.3) is 10.8 Å². The van der Waals surface area contributed by atoms with Crippen LogP contribution < -0.4 is 5.73 Å². The van der Waals surface area contributed by atoms with E-state index in [1.54, 1.807) is 29.4 Å². The predicted octanol–water partition coefficient (Wildman–Crippen LogP) is 3.12. The number of primary amides is 1. The van der Waals surface area contributed by atoms with Crippen LogP contribution >= 0.6 is 46.2 Å². The smallest absolute Gasteiger partial charge is 0.227 e. The lowest BCUT2D eigenvalue weighted by molar-refractivity contribution is -0.115. The highest BCUT2D eigenvalue weighted by atomic mass is 32.2. The monoisotopic (exact) mass is 370 g/mol. The summed E-state index contributed by atoms with van der Waals surface area (Å²) >= 11 is 5.88. The Morgan fingerprint density at radius 2 is 2.14 bits per heavy atom. The molecule has 3 aromatic heterocycles. The lowest BCUT2D eigenvalue weighted by atomic mass is 10.5. The van der Waals surface area contributed by atoms with Crippen molar-refractivity contribution < 1.29 is 9.21 Å². The van der Waals surface area contributed by atoms with Gasteiger partial charge in [0.1, 0.15) is 0 Å². The van der Waals surface area contributed by atoms with Crippen molar-refractivity contribution in [3.63, 3.8) is 0 Å². The van der Waals surface area contributed by atoms with Crippen LogP contribution in [0.2, 0.25) is 0 Å². The number of carbonyl (C=O) groups is 1. The lowest BCUT2D eigenvalue weighted by Crippen LogP contribution is -2.12. The minimum Gasteiger partial charge on any atom is -0.462 e. The Kier molecular flexibility index (Phi) is 5.13. The van der Waals surface area contributed by atoms with Crippen LogP contribution in [0.15, 0.2) is 36.9 Å². The Labute approximate surface area is 142 Å². The van der Waals surface area contributed by atoms with E-state index in [2.05, 4.69) is 15.2 Å². The van der Waals surface area contributed by atoms with Gasteiger partial charge in [-0.2, -0.15) is 0 Å². The Morgan fingerprint density at radius 3 is 2.86 bits per heavy atom. The van der Waals surface area contributed by atoms with Gasteiger partial charge >= 0.3 is 0 Å². The molecule has 0 aromatic carbocycles. The fraction of sp³-hybridized carbons (Fsp3) is 0.167. The molecule has 0 bridgehead atoms. The van der Waals surface area contributed by atoms with Gasteiger partial charge in [0, 0.05) is 11.1 Å². The molecule has 3 heterocycles. The first-order valence-electron chi connectivity index (χ1n) is 6.06. The predicted molar refractivity (Wildman–Crippen MR) is 89.2 cm³/mol. The average Bonchev–Trinajstić information content (AvgIpc) is 3.23. The third-order valence-corrected chi connectivity index (χ3v) is 6.50. The summed E-state index contributed by atoms with van der Waals surface area (Å²) in [6, 6.07) is 3.74. The van der Waals surface area contributed by atoms with Crippen molar-refractivity contribution in [1.29, 1.82) is 0 Å². The number of nitrogens with zero attached hydrogens (tertiary/aromatic N) is 3. The van der Waals surface area contributed by atoms with E-state index in [1.807, 2.05) is 17.5 Å². The standard InChI is InChI=1S/C12H10N4O2S4/c13-9(17)6-21-12-16-15-11(22-12)20-5-7-4-19-10(14-7)8-2-1-3-18-8/h1-4H,5-6H2,(H2,13,17). The number of hydrogen-bond donors (Lipinski definition) is 1. The molecule has 1 amide bonds. The van der Waals surface area contributed by atoms with Gasteiger partial charge < -0.3 is 10.2 Å². The summed E-state index contributed by atoms with van der Waals surface area (Å²) in [6.07, 6.45) is 1.64. The highest BCUT2D eigenvalue weighted by molar-refractivity contribution is 8.03. The van der Waals surface area contributed by atoms with E-state index in [0.717, 1.165) is 25.1 Å². The quantitative estimate of drug-likeness (QED) is 0.638. The summed E-state index contributed by atoms with van der Waals surface area (Å²) in [5.41, 5.74) is 6.08. The second kappa shape index (κ2) is 7.27. The number of carbonyl (C=O) groups excluding carboxylic acids is 1. The molecule has 0 radical (unpaired) electrons. The number of rotatable bonds is 7. The fourth-order valence-electron chi connectivity index (χ4n) is 1.47. The van der Waals surface area contributed by atoms with E-state index < -0.39 is 0 Å². The molecule has 114 valence electrons. The highest BCUT2D eigenvalue weighted by Crippen LogP contribution is 2.32. The van der Waals surface area contributed by atoms with Crippen molar-refractivity contribution in [2.45, 2.75) is 14.4 Å². The maximum absolute atomic E-state index is 10.7. The van der Waals surface area contributed by atoms with E-state index >= 15 is 0 Å². The SMILES string of the molecule is NC(=O)CSc1nnc(SCc2csc(-c3ccco3)n2)s1. The van der Waals surface area contributed by atoms with Crippen molar-refractivity contribution >= 4 is 52.1 Å². The van der Waals surface area contributed by atoms with Gasteiger partial charge in [-0.15, -0.1) is 21.5 Å². The van der Waals surface area contributed by atoms with Gasteiger partial charge in [0.25, 0.3) is 0 Å². The number of thiazole rings is 1. The fourth-order valence-corrected chi connectivity index (χ4v) is 5.01. The number of furan rings is 1. The molecule has 22 heavy (non-hydrogen) atoms. The molecule has 3 rings (SSSR count). The van der Waals surface area contributed by atoms with Crippen LogP contribution in [0.1, 0.15) is 5.69 Å². The van der Waals surface area contributed by atoms with Crippen LogP contribution in [-0.4, -0.2) is 26.8 Å². The maximum Gasteiger partial charge on any atom is 0.227 e. The Hall–Kier alpha value is -1.36. The molecule has 6 nitrogen and oxygen atoms in total.